The molecule has 4 rings (SSSR count). The minimum Gasteiger partial charge on any atom is -0.497 e. The Morgan fingerprint density at radius 2 is 1.56 bits per heavy atom. The number of unbranched alkanes of at least 4 members (excludes halogenated alkanes) is 1. The maximum absolute atomic E-state index is 12.2. The molecule has 0 saturated heterocycles. The van der Waals surface area contributed by atoms with Gasteiger partial charge in [-0.1, -0.05) is 55.4 Å². The summed E-state index contributed by atoms with van der Waals surface area (Å²) in [5, 5.41) is 12.2. The summed E-state index contributed by atoms with van der Waals surface area (Å²) in [5.41, 5.74) is 2.08. The van der Waals surface area contributed by atoms with Crippen molar-refractivity contribution in [3.8, 4) is 11.5 Å². The van der Waals surface area contributed by atoms with Gasteiger partial charge in [0.05, 0.1) is 20.8 Å². The third kappa shape index (κ3) is 4.79. The van der Waals surface area contributed by atoms with E-state index in [0.717, 1.165) is 56.4 Å². The van der Waals surface area contributed by atoms with Crippen LogP contribution in [0, 0.1) is 0 Å². The molecule has 0 aliphatic carbocycles. The second kappa shape index (κ2) is 10.5. The fraction of sp³-hybridized carbons (Fsp3) is 0.321. The number of hydrogen-bond donors (Lipinski definition) is 1. The number of methoxy groups -OCH3 is 2. The van der Waals surface area contributed by atoms with Gasteiger partial charge >= 0.3 is 5.97 Å². The number of fused-ring (bicyclic) bond motifs is 2. The van der Waals surface area contributed by atoms with Crippen LogP contribution in [0.15, 0.2) is 70.5 Å². The molecule has 1 aliphatic heterocycles. The standard InChI is InChI=1S/C28H30O5S/c1-4-5-16-33-27(29)15-7-19-6-13-23-25(17-19)34-26-18-22(32-3)12-14-24(26)28(23,30)20-8-10-21(31-2)11-9-20/h6,8-14,17-18,30H,4-5,7,15-16H2,1-3H3. The van der Waals surface area contributed by atoms with Crippen molar-refractivity contribution >= 4 is 17.7 Å². The van der Waals surface area contributed by atoms with Crippen molar-refractivity contribution in [2.75, 3.05) is 20.8 Å². The number of carbonyl (C=O) groups excluding carboxylic acids is 1. The number of benzene rings is 3. The van der Waals surface area contributed by atoms with Crippen LogP contribution < -0.4 is 9.47 Å². The summed E-state index contributed by atoms with van der Waals surface area (Å²) in [6.45, 7) is 2.54. The van der Waals surface area contributed by atoms with Gasteiger partial charge < -0.3 is 19.3 Å². The second-order valence-corrected chi connectivity index (χ2v) is 9.39. The molecule has 178 valence electrons. The molecule has 5 nitrogen and oxygen atoms in total. The summed E-state index contributed by atoms with van der Waals surface area (Å²) >= 11 is 1.60. The highest BCUT2D eigenvalue weighted by molar-refractivity contribution is 7.99. The van der Waals surface area contributed by atoms with Gasteiger partial charge in [0.15, 0.2) is 0 Å². The van der Waals surface area contributed by atoms with E-state index >= 15 is 0 Å². The molecule has 34 heavy (non-hydrogen) atoms. The lowest BCUT2D eigenvalue weighted by Crippen LogP contribution is -2.32. The lowest BCUT2D eigenvalue weighted by atomic mass is 9.79. The van der Waals surface area contributed by atoms with E-state index in [4.69, 9.17) is 14.2 Å². The summed E-state index contributed by atoms with van der Waals surface area (Å²) in [6.07, 6.45) is 2.80. The molecule has 1 heterocycles. The van der Waals surface area contributed by atoms with Gasteiger partial charge in [0.25, 0.3) is 0 Å². The van der Waals surface area contributed by atoms with Crippen molar-refractivity contribution in [2.24, 2.45) is 0 Å². The van der Waals surface area contributed by atoms with Crippen molar-refractivity contribution in [3.63, 3.8) is 0 Å². The average Bonchev–Trinajstić information content (AvgIpc) is 2.87. The summed E-state index contributed by atoms with van der Waals surface area (Å²) in [7, 11) is 3.26. The number of esters is 1. The lowest BCUT2D eigenvalue weighted by Gasteiger charge is -2.37. The Bertz CT molecular complexity index is 1160. The summed E-state index contributed by atoms with van der Waals surface area (Å²) in [4.78, 5) is 13.9. The number of hydrogen-bond acceptors (Lipinski definition) is 6. The maximum atomic E-state index is 12.2. The molecule has 0 spiro atoms. The molecule has 1 unspecified atom stereocenters. The molecule has 1 aliphatic rings. The quantitative estimate of drug-likeness (QED) is 0.313. The van der Waals surface area contributed by atoms with Crippen molar-refractivity contribution in [1.29, 1.82) is 0 Å². The highest BCUT2D eigenvalue weighted by atomic mass is 32.2. The molecule has 3 aromatic rings. The van der Waals surface area contributed by atoms with Crippen LogP contribution in [0.3, 0.4) is 0 Å². The normalized spacial score (nSPS) is 16.4. The molecular formula is C28H30O5S. The summed E-state index contributed by atoms with van der Waals surface area (Å²) < 4.78 is 16.0. The second-order valence-electron chi connectivity index (χ2n) is 8.31. The van der Waals surface area contributed by atoms with Gasteiger partial charge in [-0.2, -0.15) is 0 Å². The predicted molar refractivity (Wildman–Crippen MR) is 133 cm³/mol. The minimum absolute atomic E-state index is 0.177. The Morgan fingerprint density at radius 3 is 2.24 bits per heavy atom. The third-order valence-corrected chi connectivity index (χ3v) is 7.24. The minimum atomic E-state index is -1.33. The maximum Gasteiger partial charge on any atom is 0.306 e. The zero-order chi connectivity index (χ0) is 24.1. The van der Waals surface area contributed by atoms with Crippen LogP contribution >= 0.6 is 11.8 Å². The molecule has 1 N–H and O–H groups in total. The van der Waals surface area contributed by atoms with Crippen LogP contribution in [-0.2, 0) is 21.6 Å². The number of ether oxygens (including phenoxy) is 3. The van der Waals surface area contributed by atoms with Crippen molar-refractivity contribution in [1.82, 2.24) is 0 Å². The van der Waals surface area contributed by atoms with E-state index in [9.17, 15) is 9.90 Å². The number of aryl methyl sites for hydroxylation is 1. The fourth-order valence-electron chi connectivity index (χ4n) is 4.17. The molecule has 6 heteroatoms. The van der Waals surface area contributed by atoms with Crippen LogP contribution in [0.2, 0.25) is 0 Å². The third-order valence-electron chi connectivity index (χ3n) is 6.12. The number of aliphatic hydroxyl groups is 1. The van der Waals surface area contributed by atoms with Crippen molar-refractivity contribution < 1.29 is 24.1 Å². The van der Waals surface area contributed by atoms with E-state index in [1.165, 1.54) is 0 Å². The monoisotopic (exact) mass is 478 g/mol. The fourth-order valence-corrected chi connectivity index (χ4v) is 5.45. The largest absolute Gasteiger partial charge is 0.497 e. The lowest BCUT2D eigenvalue weighted by molar-refractivity contribution is -0.143. The van der Waals surface area contributed by atoms with Crippen LogP contribution in [0.4, 0.5) is 0 Å². The Kier molecular flexibility index (Phi) is 7.49. The Labute approximate surface area is 205 Å². The van der Waals surface area contributed by atoms with Gasteiger partial charge in [0, 0.05) is 27.3 Å². The molecule has 0 fully saturated rings. The zero-order valence-corrected chi connectivity index (χ0v) is 20.6. The van der Waals surface area contributed by atoms with Gasteiger partial charge in [0.2, 0.25) is 0 Å². The molecule has 3 aromatic carbocycles. The summed E-state index contributed by atoms with van der Waals surface area (Å²) in [6, 6.07) is 19.3. The van der Waals surface area contributed by atoms with Crippen LogP contribution in [0.5, 0.6) is 11.5 Å². The van der Waals surface area contributed by atoms with Crippen molar-refractivity contribution in [3.05, 3.63) is 82.9 Å². The van der Waals surface area contributed by atoms with E-state index in [1.54, 1.807) is 26.0 Å². The molecule has 0 aromatic heterocycles. The van der Waals surface area contributed by atoms with Crippen LogP contribution in [-0.4, -0.2) is 31.9 Å². The Balaban J connectivity index is 1.69. The van der Waals surface area contributed by atoms with Gasteiger partial charge in [-0.15, -0.1) is 0 Å². The molecule has 1 atom stereocenters. The van der Waals surface area contributed by atoms with Crippen molar-refractivity contribution in [2.45, 2.75) is 48.0 Å². The molecular weight excluding hydrogens is 448 g/mol. The first kappa shape index (κ1) is 24.2. The van der Waals surface area contributed by atoms with Gasteiger partial charge in [-0.3, -0.25) is 4.79 Å². The van der Waals surface area contributed by atoms with E-state index in [2.05, 4.69) is 13.0 Å². The van der Waals surface area contributed by atoms with Gasteiger partial charge in [0.1, 0.15) is 17.1 Å². The molecule has 0 amide bonds. The molecule has 0 saturated carbocycles. The first-order valence-corrected chi connectivity index (χ1v) is 12.3. The smallest absolute Gasteiger partial charge is 0.306 e. The van der Waals surface area contributed by atoms with Gasteiger partial charge in [-0.25, -0.2) is 0 Å². The Hall–Kier alpha value is -2.96. The SMILES string of the molecule is CCCCOC(=O)CCc1ccc2c(c1)Sc1cc(OC)ccc1C2(O)c1ccc(OC)cc1. The van der Waals surface area contributed by atoms with E-state index in [0.29, 0.717) is 19.4 Å². The Morgan fingerprint density at radius 1 is 0.912 bits per heavy atom. The number of rotatable bonds is 9. The molecule has 0 radical (unpaired) electrons. The van der Waals surface area contributed by atoms with E-state index < -0.39 is 5.60 Å². The highest BCUT2D eigenvalue weighted by Gasteiger charge is 2.41. The van der Waals surface area contributed by atoms with E-state index in [-0.39, 0.29) is 5.97 Å². The van der Waals surface area contributed by atoms with E-state index in [1.807, 2.05) is 54.6 Å². The van der Waals surface area contributed by atoms with Gasteiger partial charge in [-0.05, 0) is 54.3 Å². The predicted octanol–water partition coefficient (Wildman–Crippen LogP) is 5.73. The summed E-state index contributed by atoms with van der Waals surface area (Å²) in [5.74, 6) is 1.29. The molecule has 0 bridgehead atoms. The topological polar surface area (TPSA) is 65.0 Å². The first-order chi connectivity index (χ1) is 16.5. The first-order valence-electron chi connectivity index (χ1n) is 11.5. The zero-order valence-electron chi connectivity index (χ0n) is 19.8. The van der Waals surface area contributed by atoms with Crippen LogP contribution in [0.25, 0.3) is 0 Å². The highest BCUT2D eigenvalue weighted by Crippen LogP contribution is 2.52. The average molecular weight is 479 g/mol. The van der Waals surface area contributed by atoms with Crippen LogP contribution in [0.1, 0.15) is 48.4 Å². The number of carbonyl (C=O) groups is 1.